The molecule has 0 radical (unpaired) electrons. The minimum absolute atomic E-state index is 0.120. The minimum atomic E-state index is -0.311. The lowest BCUT2D eigenvalue weighted by molar-refractivity contribution is -0.116. The number of halogens is 1. The van der Waals surface area contributed by atoms with Gasteiger partial charge in [-0.3, -0.25) is 14.2 Å². The Morgan fingerprint density at radius 3 is 2.69 bits per heavy atom. The largest absolute Gasteiger partial charge is 0.324 e. The summed E-state index contributed by atoms with van der Waals surface area (Å²) in [6.45, 7) is 3.74. The number of fused-ring (bicyclic) bond motifs is 1. The second kappa shape index (κ2) is 7.81. The van der Waals surface area contributed by atoms with Gasteiger partial charge in [-0.1, -0.05) is 47.5 Å². The van der Waals surface area contributed by atoms with Crippen LogP contribution >= 0.6 is 22.9 Å². The normalized spacial score (nSPS) is 11.0. The summed E-state index contributed by atoms with van der Waals surface area (Å²) in [6, 6.07) is 13.4. The molecule has 7 heteroatoms. The van der Waals surface area contributed by atoms with Crippen molar-refractivity contribution in [1.82, 2.24) is 9.55 Å². The lowest BCUT2D eigenvalue weighted by Crippen LogP contribution is -2.27. The Balaban J connectivity index is 1.61. The Labute approximate surface area is 176 Å². The van der Waals surface area contributed by atoms with Gasteiger partial charge in [0.25, 0.3) is 5.56 Å². The zero-order chi connectivity index (χ0) is 20.5. The first-order valence-corrected chi connectivity index (χ1v) is 10.3. The van der Waals surface area contributed by atoms with Gasteiger partial charge in [0.1, 0.15) is 11.2 Å². The number of anilines is 1. The highest BCUT2D eigenvalue weighted by Crippen LogP contribution is 2.30. The molecule has 0 atom stereocenters. The molecule has 4 aromatic rings. The number of hydrogen-bond acceptors (Lipinski definition) is 4. The lowest BCUT2D eigenvalue weighted by Gasteiger charge is -2.10. The van der Waals surface area contributed by atoms with E-state index in [4.69, 9.17) is 11.6 Å². The molecule has 4 rings (SSSR count). The van der Waals surface area contributed by atoms with Crippen LogP contribution in [0, 0.1) is 13.8 Å². The van der Waals surface area contributed by atoms with Crippen molar-refractivity contribution in [2.45, 2.75) is 20.4 Å². The van der Waals surface area contributed by atoms with Crippen LogP contribution in [0.15, 0.2) is 59.0 Å². The summed E-state index contributed by atoms with van der Waals surface area (Å²) in [5.41, 5.74) is 4.95. The Morgan fingerprint density at radius 2 is 1.93 bits per heavy atom. The second-order valence-corrected chi connectivity index (χ2v) is 8.12. The van der Waals surface area contributed by atoms with Crippen molar-refractivity contribution in [1.29, 1.82) is 0 Å². The molecule has 1 N–H and O–H groups in total. The molecular weight excluding hydrogens is 406 g/mol. The van der Waals surface area contributed by atoms with Crippen LogP contribution in [0.5, 0.6) is 0 Å². The van der Waals surface area contributed by atoms with E-state index in [1.54, 1.807) is 18.2 Å². The summed E-state index contributed by atoms with van der Waals surface area (Å²) in [5, 5.41) is 5.31. The molecule has 2 aromatic carbocycles. The molecule has 0 aliphatic rings. The maximum absolute atomic E-state index is 12.9. The van der Waals surface area contributed by atoms with Gasteiger partial charge in [-0.05, 0) is 37.1 Å². The van der Waals surface area contributed by atoms with E-state index in [-0.39, 0.29) is 18.0 Å². The van der Waals surface area contributed by atoms with Gasteiger partial charge in [-0.2, -0.15) is 0 Å². The van der Waals surface area contributed by atoms with Crippen LogP contribution in [0.1, 0.15) is 11.1 Å². The van der Waals surface area contributed by atoms with Gasteiger partial charge in [0.2, 0.25) is 5.91 Å². The number of carbonyl (C=O) groups excluding carboxylic acids is 1. The Bertz CT molecular complexity index is 1280. The van der Waals surface area contributed by atoms with Gasteiger partial charge in [0.05, 0.1) is 11.8 Å². The molecule has 0 aliphatic carbocycles. The van der Waals surface area contributed by atoms with Gasteiger partial charge in [0, 0.05) is 21.7 Å². The van der Waals surface area contributed by atoms with Crippen molar-refractivity contribution in [3.05, 3.63) is 80.7 Å². The van der Waals surface area contributed by atoms with E-state index in [0.717, 1.165) is 16.7 Å². The third kappa shape index (κ3) is 3.81. The van der Waals surface area contributed by atoms with E-state index in [2.05, 4.69) is 10.3 Å². The van der Waals surface area contributed by atoms with Crippen molar-refractivity contribution in [3.8, 4) is 11.1 Å². The van der Waals surface area contributed by atoms with Crippen molar-refractivity contribution in [3.63, 3.8) is 0 Å². The van der Waals surface area contributed by atoms with Crippen LogP contribution in [-0.4, -0.2) is 15.5 Å². The van der Waals surface area contributed by atoms with Crippen LogP contribution < -0.4 is 10.9 Å². The van der Waals surface area contributed by atoms with Gasteiger partial charge in [-0.25, -0.2) is 4.98 Å². The minimum Gasteiger partial charge on any atom is -0.324 e. The predicted octanol–water partition coefficient (Wildman–Crippen LogP) is 5.03. The third-order valence-electron chi connectivity index (χ3n) is 4.76. The highest BCUT2D eigenvalue weighted by Gasteiger charge is 2.14. The third-order valence-corrected chi connectivity index (χ3v) is 6.13. The molecule has 0 saturated carbocycles. The van der Waals surface area contributed by atoms with Gasteiger partial charge < -0.3 is 5.32 Å². The van der Waals surface area contributed by atoms with E-state index in [1.165, 1.54) is 27.8 Å². The van der Waals surface area contributed by atoms with Crippen molar-refractivity contribution in [2.75, 3.05) is 5.32 Å². The predicted molar refractivity (Wildman–Crippen MR) is 119 cm³/mol. The van der Waals surface area contributed by atoms with E-state index in [9.17, 15) is 9.59 Å². The maximum atomic E-state index is 12.9. The molecule has 146 valence electrons. The molecular formula is C22H18ClN3O2S. The average molecular weight is 424 g/mol. The topological polar surface area (TPSA) is 64.0 Å². The van der Waals surface area contributed by atoms with Gasteiger partial charge >= 0.3 is 0 Å². The Kier molecular flexibility index (Phi) is 5.22. The number of amides is 1. The number of aryl methyl sites for hydroxylation is 1. The number of nitrogens with one attached hydrogen (secondary N) is 1. The summed E-state index contributed by atoms with van der Waals surface area (Å²) in [5.74, 6) is -0.311. The highest BCUT2D eigenvalue weighted by atomic mass is 35.5. The first-order chi connectivity index (χ1) is 13.9. The quantitative estimate of drug-likeness (QED) is 0.500. The van der Waals surface area contributed by atoms with Gasteiger partial charge in [-0.15, -0.1) is 11.3 Å². The van der Waals surface area contributed by atoms with Crippen molar-refractivity contribution in [2.24, 2.45) is 0 Å². The van der Waals surface area contributed by atoms with E-state index in [0.29, 0.717) is 20.9 Å². The summed E-state index contributed by atoms with van der Waals surface area (Å²) in [7, 11) is 0. The number of rotatable bonds is 4. The number of nitrogens with zero attached hydrogens (tertiary/aromatic N) is 2. The lowest BCUT2D eigenvalue weighted by atomic mass is 10.1. The van der Waals surface area contributed by atoms with E-state index in [1.807, 2.05) is 43.5 Å². The molecule has 0 spiro atoms. The van der Waals surface area contributed by atoms with Crippen molar-refractivity contribution < 1.29 is 4.79 Å². The number of thiophene rings is 1. The maximum Gasteiger partial charge on any atom is 0.271 e. The number of hydrogen-bond donors (Lipinski definition) is 1. The zero-order valence-corrected chi connectivity index (χ0v) is 17.5. The first-order valence-electron chi connectivity index (χ1n) is 9.02. The van der Waals surface area contributed by atoms with E-state index >= 15 is 0 Å². The zero-order valence-electron chi connectivity index (χ0n) is 15.9. The molecule has 0 unspecified atom stereocenters. The fourth-order valence-corrected chi connectivity index (χ4v) is 4.23. The van der Waals surface area contributed by atoms with E-state index < -0.39 is 0 Å². The van der Waals surface area contributed by atoms with Crippen molar-refractivity contribution >= 4 is 44.7 Å². The molecule has 5 nitrogen and oxygen atoms in total. The second-order valence-electron chi connectivity index (χ2n) is 6.83. The molecule has 0 fully saturated rings. The molecule has 0 saturated heterocycles. The molecule has 0 bridgehead atoms. The summed E-state index contributed by atoms with van der Waals surface area (Å²) in [4.78, 5) is 29.8. The standard InChI is InChI=1S/C22H18ClN3O2S/c1-13-6-8-15(9-7-13)16-11-29-21-20(16)24-12-26(22(21)28)10-19(27)25-18-5-3-4-17(23)14(18)2/h3-9,11-12H,10H2,1-2H3,(H,25,27). The number of carbonyl (C=O) groups is 1. The fraction of sp³-hybridized carbons (Fsp3) is 0.136. The Hall–Kier alpha value is -2.96. The van der Waals surface area contributed by atoms with Crippen LogP contribution in [-0.2, 0) is 11.3 Å². The smallest absolute Gasteiger partial charge is 0.271 e. The van der Waals surface area contributed by atoms with Crippen LogP contribution in [0.4, 0.5) is 5.69 Å². The summed E-state index contributed by atoms with van der Waals surface area (Å²) >= 11 is 7.44. The number of aromatic nitrogens is 2. The summed E-state index contributed by atoms with van der Waals surface area (Å²) in [6.07, 6.45) is 1.43. The molecule has 1 amide bonds. The first kappa shape index (κ1) is 19.4. The monoisotopic (exact) mass is 423 g/mol. The summed E-state index contributed by atoms with van der Waals surface area (Å²) < 4.78 is 1.86. The van der Waals surface area contributed by atoms with Gasteiger partial charge in [0.15, 0.2) is 0 Å². The fourth-order valence-electron chi connectivity index (χ4n) is 3.08. The SMILES string of the molecule is Cc1ccc(-c2csc3c(=O)n(CC(=O)Nc4cccc(Cl)c4C)cnc23)cc1. The van der Waals surface area contributed by atoms with Crippen LogP contribution in [0.2, 0.25) is 5.02 Å². The molecule has 29 heavy (non-hydrogen) atoms. The average Bonchev–Trinajstić information content (AvgIpc) is 3.13. The molecule has 2 aromatic heterocycles. The molecule has 2 heterocycles. The van der Waals surface area contributed by atoms with Crippen LogP contribution in [0.3, 0.4) is 0 Å². The Morgan fingerprint density at radius 1 is 1.17 bits per heavy atom. The highest BCUT2D eigenvalue weighted by molar-refractivity contribution is 7.17. The van der Waals surface area contributed by atoms with Crippen LogP contribution in [0.25, 0.3) is 21.3 Å². The molecule has 0 aliphatic heterocycles. The number of benzene rings is 2.